The Labute approximate surface area is 106 Å². The van der Waals surface area contributed by atoms with Crippen molar-refractivity contribution in [1.82, 2.24) is 20.4 Å². The van der Waals surface area contributed by atoms with E-state index in [1.807, 2.05) is 24.7 Å². The summed E-state index contributed by atoms with van der Waals surface area (Å²) in [5, 5.41) is 11.9. The van der Waals surface area contributed by atoms with Crippen LogP contribution < -0.4 is 10.6 Å². The van der Waals surface area contributed by atoms with E-state index in [0.717, 1.165) is 36.8 Å². The first kappa shape index (κ1) is 13.3. The summed E-state index contributed by atoms with van der Waals surface area (Å²) in [6.07, 6.45) is 2.81. The molecule has 1 rings (SSSR count). The minimum atomic E-state index is 0.706. The molecule has 0 aliphatic heterocycles. The average Bonchev–Trinajstić information content (AvgIpc) is 2.54. The van der Waals surface area contributed by atoms with Gasteiger partial charge in [0.2, 0.25) is 0 Å². The fourth-order valence-corrected chi connectivity index (χ4v) is 1.67. The molecule has 16 heavy (non-hydrogen) atoms. The molecule has 0 amide bonds. The lowest BCUT2D eigenvalue weighted by atomic mass is 10.4. The number of aryl methyl sites for hydroxylation is 2. The molecule has 1 heterocycles. The molecule has 1 aromatic heterocycles. The van der Waals surface area contributed by atoms with Gasteiger partial charge in [0, 0.05) is 25.8 Å². The van der Waals surface area contributed by atoms with Gasteiger partial charge in [-0.05, 0) is 32.5 Å². The zero-order valence-corrected chi connectivity index (χ0v) is 11.2. The largest absolute Gasteiger partial charge is 0.363 e. The van der Waals surface area contributed by atoms with E-state index in [-0.39, 0.29) is 0 Å². The third kappa shape index (κ3) is 4.37. The van der Waals surface area contributed by atoms with E-state index in [1.54, 1.807) is 0 Å². The number of thiocarbonyl (C=S) groups is 1. The lowest BCUT2D eigenvalue weighted by Crippen LogP contribution is -2.35. The number of hydrogen-bond acceptors (Lipinski definition) is 2. The van der Waals surface area contributed by atoms with Gasteiger partial charge in [0.05, 0.1) is 10.7 Å². The lowest BCUT2D eigenvalue weighted by Gasteiger charge is -2.08. The van der Waals surface area contributed by atoms with Crippen LogP contribution >= 0.6 is 23.8 Å². The highest BCUT2D eigenvalue weighted by molar-refractivity contribution is 7.80. The van der Waals surface area contributed by atoms with E-state index >= 15 is 0 Å². The quantitative estimate of drug-likeness (QED) is 0.625. The van der Waals surface area contributed by atoms with Crippen LogP contribution in [0.15, 0.2) is 6.20 Å². The molecular weight excluding hydrogens is 244 g/mol. The van der Waals surface area contributed by atoms with Crippen LogP contribution in [0, 0.1) is 6.92 Å². The van der Waals surface area contributed by atoms with E-state index in [0.29, 0.717) is 5.11 Å². The molecule has 4 nitrogen and oxygen atoms in total. The van der Waals surface area contributed by atoms with Gasteiger partial charge in [-0.25, -0.2) is 0 Å². The monoisotopic (exact) mass is 260 g/mol. The van der Waals surface area contributed by atoms with E-state index in [9.17, 15) is 0 Å². The molecule has 0 aliphatic carbocycles. The summed E-state index contributed by atoms with van der Waals surface area (Å²) < 4.78 is 1.86. The molecule has 0 saturated heterocycles. The summed E-state index contributed by atoms with van der Waals surface area (Å²) in [6.45, 7) is 6.44. The Balaban J connectivity index is 2.18. The molecule has 0 aromatic carbocycles. The summed E-state index contributed by atoms with van der Waals surface area (Å²) in [6, 6.07) is 0. The van der Waals surface area contributed by atoms with E-state index in [2.05, 4.69) is 15.7 Å². The summed E-state index contributed by atoms with van der Waals surface area (Å²) >= 11 is 10.9. The average molecular weight is 261 g/mol. The van der Waals surface area contributed by atoms with E-state index in [1.165, 1.54) is 0 Å². The van der Waals surface area contributed by atoms with Crippen LogP contribution in [-0.2, 0) is 6.54 Å². The maximum absolute atomic E-state index is 5.90. The van der Waals surface area contributed by atoms with Crippen molar-refractivity contribution in [2.24, 2.45) is 0 Å². The Hall–Kier alpha value is -0.810. The molecule has 6 heteroatoms. The van der Waals surface area contributed by atoms with E-state index in [4.69, 9.17) is 23.8 Å². The van der Waals surface area contributed by atoms with Gasteiger partial charge < -0.3 is 10.6 Å². The van der Waals surface area contributed by atoms with Crippen molar-refractivity contribution < 1.29 is 0 Å². The van der Waals surface area contributed by atoms with Crippen LogP contribution in [0.3, 0.4) is 0 Å². The van der Waals surface area contributed by atoms with Crippen molar-refractivity contribution in [2.45, 2.75) is 26.8 Å². The maximum atomic E-state index is 5.90. The van der Waals surface area contributed by atoms with Crippen LogP contribution in [0.4, 0.5) is 0 Å². The zero-order valence-electron chi connectivity index (χ0n) is 9.59. The molecule has 0 aliphatic rings. The third-order valence-electron chi connectivity index (χ3n) is 2.07. The second-order valence-corrected chi connectivity index (χ2v) is 4.28. The Kier molecular flexibility index (Phi) is 5.55. The van der Waals surface area contributed by atoms with Crippen molar-refractivity contribution in [2.75, 3.05) is 13.1 Å². The fourth-order valence-electron chi connectivity index (χ4n) is 1.27. The molecule has 0 fully saturated rings. The Morgan fingerprint density at radius 1 is 1.56 bits per heavy atom. The molecule has 0 unspecified atom stereocenters. The standard InChI is InChI=1S/C10H17ClN4S/c1-3-12-10(16)13-5-4-6-15-7-9(11)8(2)14-15/h7H,3-6H2,1-2H3,(H2,12,13,16). The zero-order chi connectivity index (χ0) is 12.0. The SMILES string of the molecule is CCNC(=S)NCCCn1cc(Cl)c(C)n1. The first-order valence-corrected chi connectivity index (χ1v) is 6.13. The Bertz CT molecular complexity index is 331. The van der Waals surface area contributed by atoms with Gasteiger partial charge in [-0.1, -0.05) is 11.6 Å². The minimum Gasteiger partial charge on any atom is -0.363 e. The highest BCUT2D eigenvalue weighted by Gasteiger charge is 2.01. The molecule has 90 valence electrons. The first-order valence-electron chi connectivity index (χ1n) is 5.34. The number of halogens is 1. The van der Waals surface area contributed by atoms with Gasteiger partial charge in [-0.15, -0.1) is 0 Å². The topological polar surface area (TPSA) is 41.9 Å². The highest BCUT2D eigenvalue weighted by atomic mass is 35.5. The van der Waals surface area contributed by atoms with Gasteiger partial charge in [0.15, 0.2) is 5.11 Å². The molecule has 0 atom stereocenters. The van der Waals surface area contributed by atoms with Crippen molar-refractivity contribution in [3.05, 3.63) is 16.9 Å². The third-order valence-corrected chi connectivity index (χ3v) is 2.73. The molecule has 1 aromatic rings. The molecular formula is C10H17ClN4S. The molecule has 0 radical (unpaired) electrons. The number of nitrogens with one attached hydrogen (secondary N) is 2. The fraction of sp³-hybridized carbons (Fsp3) is 0.600. The number of nitrogens with zero attached hydrogens (tertiary/aromatic N) is 2. The summed E-state index contributed by atoms with van der Waals surface area (Å²) in [4.78, 5) is 0. The normalized spacial score (nSPS) is 10.2. The van der Waals surface area contributed by atoms with Gasteiger partial charge >= 0.3 is 0 Å². The molecule has 0 bridgehead atoms. The summed E-state index contributed by atoms with van der Waals surface area (Å²) in [7, 11) is 0. The predicted molar refractivity (Wildman–Crippen MR) is 70.9 cm³/mol. The first-order chi connectivity index (χ1) is 7.63. The molecule has 2 N–H and O–H groups in total. The highest BCUT2D eigenvalue weighted by Crippen LogP contribution is 2.11. The maximum Gasteiger partial charge on any atom is 0.166 e. The summed E-state index contributed by atoms with van der Waals surface area (Å²) in [5.41, 5.74) is 0.873. The van der Waals surface area contributed by atoms with Gasteiger partial charge in [-0.3, -0.25) is 4.68 Å². The van der Waals surface area contributed by atoms with Crippen LogP contribution in [-0.4, -0.2) is 28.0 Å². The number of hydrogen-bond donors (Lipinski definition) is 2. The number of rotatable bonds is 5. The van der Waals surface area contributed by atoms with Crippen molar-refractivity contribution in [3.8, 4) is 0 Å². The Morgan fingerprint density at radius 3 is 2.88 bits per heavy atom. The van der Waals surface area contributed by atoms with Crippen LogP contribution in [0.25, 0.3) is 0 Å². The van der Waals surface area contributed by atoms with Crippen molar-refractivity contribution in [1.29, 1.82) is 0 Å². The predicted octanol–water partition coefficient (Wildman–Crippen LogP) is 1.72. The van der Waals surface area contributed by atoms with Crippen LogP contribution in [0.2, 0.25) is 5.02 Å². The van der Waals surface area contributed by atoms with E-state index < -0.39 is 0 Å². The van der Waals surface area contributed by atoms with Crippen LogP contribution in [0.5, 0.6) is 0 Å². The Morgan fingerprint density at radius 2 is 2.31 bits per heavy atom. The van der Waals surface area contributed by atoms with Crippen molar-refractivity contribution >= 4 is 28.9 Å². The van der Waals surface area contributed by atoms with Crippen molar-refractivity contribution in [3.63, 3.8) is 0 Å². The summed E-state index contributed by atoms with van der Waals surface area (Å²) in [5.74, 6) is 0. The van der Waals surface area contributed by atoms with Gasteiger partial charge in [0.1, 0.15) is 0 Å². The van der Waals surface area contributed by atoms with Gasteiger partial charge in [-0.2, -0.15) is 5.10 Å². The van der Waals surface area contributed by atoms with Crippen LogP contribution in [0.1, 0.15) is 19.0 Å². The lowest BCUT2D eigenvalue weighted by molar-refractivity contribution is 0.568. The second kappa shape index (κ2) is 6.70. The minimum absolute atomic E-state index is 0.706. The van der Waals surface area contributed by atoms with Gasteiger partial charge in [0.25, 0.3) is 0 Å². The smallest absolute Gasteiger partial charge is 0.166 e. The molecule has 0 spiro atoms. The molecule has 0 saturated carbocycles. The second-order valence-electron chi connectivity index (χ2n) is 3.47. The number of aromatic nitrogens is 2.